The molecule has 0 aliphatic carbocycles. The SMILES string of the molecule is COc1cc2nc(NC(=O)c3cccc4cn[nH]c34)[nH]c2cc1OC. The molecule has 2 aromatic carbocycles. The molecule has 0 saturated carbocycles. The highest BCUT2D eigenvalue weighted by Gasteiger charge is 2.15. The average Bonchev–Trinajstić information content (AvgIpc) is 3.25. The molecule has 0 bridgehead atoms. The Morgan fingerprint density at radius 1 is 1.16 bits per heavy atom. The highest BCUT2D eigenvalue weighted by atomic mass is 16.5. The summed E-state index contributed by atoms with van der Waals surface area (Å²) in [5.74, 6) is 1.21. The number of anilines is 1. The van der Waals surface area contributed by atoms with Crippen LogP contribution in [0.2, 0.25) is 0 Å². The Hall–Kier alpha value is -3.55. The van der Waals surface area contributed by atoms with Crippen LogP contribution in [0.4, 0.5) is 5.95 Å². The van der Waals surface area contributed by atoms with Gasteiger partial charge in [-0.25, -0.2) is 4.98 Å². The molecule has 3 N–H and O–H groups in total. The lowest BCUT2D eigenvalue weighted by Crippen LogP contribution is -2.13. The van der Waals surface area contributed by atoms with Gasteiger partial charge in [0.05, 0.1) is 42.5 Å². The van der Waals surface area contributed by atoms with Crippen molar-refractivity contribution in [3.05, 3.63) is 42.1 Å². The fraction of sp³-hybridized carbons (Fsp3) is 0.118. The molecule has 4 aromatic rings. The maximum Gasteiger partial charge on any atom is 0.260 e. The van der Waals surface area contributed by atoms with E-state index < -0.39 is 0 Å². The number of imidazole rings is 1. The molecule has 0 radical (unpaired) electrons. The molecule has 1 amide bonds. The number of rotatable bonds is 4. The number of para-hydroxylation sites is 1. The molecule has 126 valence electrons. The monoisotopic (exact) mass is 337 g/mol. The van der Waals surface area contributed by atoms with E-state index in [1.807, 2.05) is 6.07 Å². The molecule has 0 atom stereocenters. The number of carbonyl (C=O) groups is 1. The molecule has 4 rings (SSSR count). The summed E-state index contributed by atoms with van der Waals surface area (Å²) in [6, 6.07) is 8.93. The summed E-state index contributed by atoms with van der Waals surface area (Å²) in [6.07, 6.45) is 1.67. The van der Waals surface area contributed by atoms with Crippen molar-refractivity contribution in [2.75, 3.05) is 19.5 Å². The first-order valence-electron chi connectivity index (χ1n) is 7.55. The lowest BCUT2D eigenvalue weighted by molar-refractivity contribution is 0.102. The van der Waals surface area contributed by atoms with Crippen LogP contribution in [0.5, 0.6) is 11.5 Å². The van der Waals surface area contributed by atoms with Gasteiger partial charge in [0, 0.05) is 17.5 Å². The predicted octanol–water partition coefficient (Wildman–Crippen LogP) is 2.71. The van der Waals surface area contributed by atoms with E-state index in [1.54, 1.807) is 44.7 Å². The van der Waals surface area contributed by atoms with Gasteiger partial charge >= 0.3 is 0 Å². The standard InChI is InChI=1S/C17H15N5O3/c1-24-13-6-11-12(7-14(13)25-2)20-17(19-11)21-16(23)10-5-3-4-9-8-18-22-15(9)10/h3-8H,1-2H3,(H,18,22)(H2,19,20,21,23). The number of methoxy groups -OCH3 is 2. The van der Waals surface area contributed by atoms with Gasteiger partial charge in [-0.2, -0.15) is 5.10 Å². The normalized spacial score (nSPS) is 11.0. The fourth-order valence-electron chi connectivity index (χ4n) is 2.73. The summed E-state index contributed by atoms with van der Waals surface area (Å²) >= 11 is 0. The number of ether oxygens (including phenoxy) is 2. The highest BCUT2D eigenvalue weighted by molar-refractivity contribution is 6.11. The molecular weight excluding hydrogens is 322 g/mol. The van der Waals surface area contributed by atoms with Crippen LogP contribution in [-0.4, -0.2) is 40.3 Å². The van der Waals surface area contributed by atoms with E-state index in [4.69, 9.17) is 9.47 Å². The number of nitrogens with zero attached hydrogens (tertiary/aromatic N) is 2. The number of aromatic nitrogens is 4. The number of H-pyrrole nitrogens is 2. The first kappa shape index (κ1) is 15.0. The van der Waals surface area contributed by atoms with Crippen LogP contribution in [0.15, 0.2) is 36.5 Å². The van der Waals surface area contributed by atoms with Gasteiger partial charge in [0.15, 0.2) is 11.5 Å². The summed E-state index contributed by atoms with van der Waals surface area (Å²) in [7, 11) is 3.12. The van der Waals surface area contributed by atoms with E-state index >= 15 is 0 Å². The first-order chi connectivity index (χ1) is 12.2. The fourth-order valence-corrected chi connectivity index (χ4v) is 2.73. The topological polar surface area (TPSA) is 105 Å². The van der Waals surface area contributed by atoms with Gasteiger partial charge in [0.1, 0.15) is 0 Å². The van der Waals surface area contributed by atoms with Crippen LogP contribution in [0.3, 0.4) is 0 Å². The average molecular weight is 337 g/mol. The van der Waals surface area contributed by atoms with Gasteiger partial charge in [0.25, 0.3) is 5.91 Å². The van der Waals surface area contributed by atoms with Crippen LogP contribution in [0, 0.1) is 0 Å². The number of aromatic amines is 2. The molecule has 8 nitrogen and oxygen atoms in total. The quantitative estimate of drug-likeness (QED) is 0.531. The minimum Gasteiger partial charge on any atom is -0.493 e. The Morgan fingerprint density at radius 3 is 2.76 bits per heavy atom. The van der Waals surface area contributed by atoms with Gasteiger partial charge in [-0.05, 0) is 6.07 Å². The molecule has 25 heavy (non-hydrogen) atoms. The lowest BCUT2D eigenvalue weighted by Gasteiger charge is -2.06. The van der Waals surface area contributed by atoms with E-state index in [9.17, 15) is 4.79 Å². The van der Waals surface area contributed by atoms with Crippen LogP contribution in [0.25, 0.3) is 21.9 Å². The Balaban J connectivity index is 1.68. The molecular formula is C17H15N5O3. The maximum atomic E-state index is 12.6. The van der Waals surface area contributed by atoms with Crippen LogP contribution in [0.1, 0.15) is 10.4 Å². The molecule has 0 spiro atoms. The molecule has 0 unspecified atom stereocenters. The first-order valence-corrected chi connectivity index (χ1v) is 7.55. The predicted molar refractivity (Wildman–Crippen MR) is 93.2 cm³/mol. The van der Waals surface area contributed by atoms with E-state index in [0.29, 0.717) is 34.0 Å². The van der Waals surface area contributed by atoms with Gasteiger partial charge < -0.3 is 14.5 Å². The molecule has 0 saturated heterocycles. The third-order valence-electron chi connectivity index (χ3n) is 3.94. The van der Waals surface area contributed by atoms with Gasteiger partial charge in [0.2, 0.25) is 5.95 Å². The second-order valence-corrected chi connectivity index (χ2v) is 5.40. The molecule has 0 aliphatic rings. The van der Waals surface area contributed by atoms with Gasteiger partial charge in [-0.15, -0.1) is 0 Å². The zero-order valence-electron chi connectivity index (χ0n) is 13.6. The van der Waals surface area contributed by atoms with Crippen molar-refractivity contribution in [1.82, 2.24) is 20.2 Å². The second-order valence-electron chi connectivity index (χ2n) is 5.40. The van der Waals surface area contributed by atoms with Crippen LogP contribution < -0.4 is 14.8 Å². The molecule has 2 heterocycles. The van der Waals surface area contributed by atoms with E-state index in [1.165, 1.54) is 0 Å². The lowest BCUT2D eigenvalue weighted by atomic mass is 10.1. The molecule has 0 fully saturated rings. The number of nitrogens with one attached hydrogen (secondary N) is 3. The molecule has 8 heteroatoms. The van der Waals surface area contributed by atoms with Crippen molar-refractivity contribution in [3.8, 4) is 11.5 Å². The third-order valence-corrected chi connectivity index (χ3v) is 3.94. The van der Waals surface area contributed by atoms with E-state index in [-0.39, 0.29) is 5.91 Å². The zero-order chi connectivity index (χ0) is 17.4. The number of benzene rings is 2. The van der Waals surface area contributed by atoms with Crippen molar-refractivity contribution in [3.63, 3.8) is 0 Å². The van der Waals surface area contributed by atoms with E-state index in [0.717, 1.165) is 10.9 Å². The smallest absolute Gasteiger partial charge is 0.260 e. The summed E-state index contributed by atoms with van der Waals surface area (Å²) in [5, 5.41) is 10.4. The minimum atomic E-state index is -0.284. The van der Waals surface area contributed by atoms with Gasteiger partial charge in [-0.3, -0.25) is 15.2 Å². The number of amides is 1. The van der Waals surface area contributed by atoms with E-state index in [2.05, 4.69) is 25.5 Å². The van der Waals surface area contributed by atoms with Crippen LogP contribution >= 0.6 is 0 Å². The Kier molecular flexibility index (Phi) is 3.50. The highest BCUT2D eigenvalue weighted by Crippen LogP contribution is 2.31. The number of fused-ring (bicyclic) bond motifs is 2. The minimum absolute atomic E-state index is 0.284. The summed E-state index contributed by atoms with van der Waals surface area (Å²) < 4.78 is 10.5. The summed E-state index contributed by atoms with van der Waals surface area (Å²) in [4.78, 5) is 20.0. The van der Waals surface area contributed by atoms with Gasteiger partial charge in [-0.1, -0.05) is 12.1 Å². The summed E-state index contributed by atoms with van der Waals surface area (Å²) in [5.41, 5.74) is 2.56. The molecule has 2 aromatic heterocycles. The number of carbonyl (C=O) groups excluding carboxylic acids is 1. The van der Waals surface area contributed by atoms with Crippen molar-refractivity contribution in [1.29, 1.82) is 0 Å². The second kappa shape index (κ2) is 5.82. The van der Waals surface area contributed by atoms with Crippen molar-refractivity contribution in [2.24, 2.45) is 0 Å². The van der Waals surface area contributed by atoms with Crippen molar-refractivity contribution >= 4 is 33.8 Å². The Bertz CT molecular complexity index is 1040. The third kappa shape index (κ3) is 2.53. The maximum absolute atomic E-state index is 12.6. The Morgan fingerprint density at radius 2 is 1.96 bits per heavy atom. The number of hydrogen-bond acceptors (Lipinski definition) is 5. The van der Waals surface area contributed by atoms with Crippen molar-refractivity contribution in [2.45, 2.75) is 0 Å². The number of hydrogen-bond donors (Lipinski definition) is 3. The zero-order valence-corrected chi connectivity index (χ0v) is 13.6. The largest absolute Gasteiger partial charge is 0.493 e. The Labute approximate surface area is 142 Å². The van der Waals surface area contributed by atoms with Crippen molar-refractivity contribution < 1.29 is 14.3 Å². The molecule has 0 aliphatic heterocycles. The van der Waals surface area contributed by atoms with Crippen LogP contribution in [-0.2, 0) is 0 Å². The summed E-state index contributed by atoms with van der Waals surface area (Å²) in [6.45, 7) is 0.